The van der Waals surface area contributed by atoms with Crippen molar-refractivity contribution in [2.45, 2.75) is 131 Å². The van der Waals surface area contributed by atoms with Gasteiger partial charge in [-0.05, 0) is 62.2 Å². The molecular formula is C29H52O3. The summed E-state index contributed by atoms with van der Waals surface area (Å²) in [6.07, 6.45) is 16.4. The molecule has 0 aromatic carbocycles. The van der Waals surface area contributed by atoms with Crippen LogP contribution in [0.5, 0.6) is 0 Å². The molecule has 0 spiro atoms. The van der Waals surface area contributed by atoms with Crippen LogP contribution in [0, 0.1) is 22.7 Å². The van der Waals surface area contributed by atoms with E-state index in [1.54, 1.807) is 0 Å². The first kappa shape index (κ1) is 27.6. The van der Waals surface area contributed by atoms with Gasteiger partial charge in [-0.1, -0.05) is 97.4 Å². The number of aliphatic hydroxyl groups is 1. The van der Waals surface area contributed by atoms with Gasteiger partial charge in [-0.25, -0.2) is 0 Å². The third kappa shape index (κ3) is 7.99. The SMILES string of the molecule is CCC(C)(C)CC(C1=CC=CC(OC[C@H](O)OC(C)(C)C2CCCCC2)C1)C(C)(C)CC. The molecule has 0 aliphatic heterocycles. The highest BCUT2D eigenvalue weighted by atomic mass is 16.6. The van der Waals surface area contributed by atoms with Crippen LogP contribution in [-0.4, -0.2) is 29.7 Å². The minimum atomic E-state index is -0.878. The van der Waals surface area contributed by atoms with Crippen molar-refractivity contribution in [3.8, 4) is 0 Å². The van der Waals surface area contributed by atoms with E-state index < -0.39 is 6.29 Å². The van der Waals surface area contributed by atoms with E-state index in [1.165, 1.54) is 50.5 Å². The van der Waals surface area contributed by atoms with Crippen LogP contribution >= 0.6 is 0 Å². The minimum absolute atomic E-state index is 0.00550. The molecule has 186 valence electrons. The Hall–Kier alpha value is -0.640. The van der Waals surface area contributed by atoms with Gasteiger partial charge in [0.25, 0.3) is 0 Å². The van der Waals surface area contributed by atoms with E-state index in [-0.39, 0.29) is 23.7 Å². The highest BCUT2D eigenvalue weighted by Crippen LogP contribution is 2.46. The van der Waals surface area contributed by atoms with E-state index in [4.69, 9.17) is 9.47 Å². The summed E-state index contributed by atoms with van der Waals surface area (Å²) in [5.74, 6) is 1.05. The maximum Gasteiger partial charge on any atom is 0.178 e. The van der Waals surface area contributed by atoms with Crippen LogP contribution in [-0.2, 0) is 9.47 Å². The van der Waals surface area contributed by atoms with Gasteiger partial charge in [0.2, 0.25) is 0 Å². The molecule has 2 unspecified atom stereocenters. The van der Waals surface area contributed by atoms with E-state index >= 15 is 0 Å². The lowest BCUT2D eigenvalue weighted by molar-refractivity contribution is -0.218. The summed E-state index contributed by atoms with van der Waals surface area (Å²) in [5, 5.41) is 10.6. The molecule has 2 rings (SSSR count). The molecule has 3 nitrogen and oxygen atoms in total. The van der Waals surface area contributed by atoms with Gasteiger partial charge in [0, 0.05) is 0 Å². The molecule has 2 aliphatic rings. The van der Waals surface area contributed by atoms with Crippen LogP contribution in [0.25, 0.3) is 0 Å². The maximum absolute atomic E-state index is 10.6. The van der Waals surface area contributed by atoms with Crippen molar-refractivity contribution in [1.82, 2.24) is 0 Å². The Labute approximate surface area is 199 Å². The second kappa shape index (κ2) is 11.7. The highest BCUT2D eigenvalue weighted by Gasteiger charge is 2.36. The molecule has 3 heteroatoms. The van der Waals surface area contributed by atoms with Gasteiger partial charge in [-0.15, -0.1) is 0 Å². The summed E-state index contributed by atoms with van der Waals surface area (Å²) in [4.78, 5) is 0. The third-order valence-electron chi connectivity index (χ3n) is 8.57. The van der Waals surface area contributed by atoms with Crippen LogP contribution in [0.4, 0.5) is 0 Å². The molecule has 0 aromatic heterocycles. The molecule has 1 fully saturated rings. The van der Waals surface area contributed by atoms with Crippen LogP contribution in [0.2, 0.25) is 0 Å². The molecule has 1 saturated carbocycles. The summed E-state index contributed by atoms with van der Waals surface area (Å²) in [7, 11) is 0. The fraction of sp³-hybridized carbons (Fsp3) is 0.862. The van der Waals surface area contributed by atoms with Gasteiger partial charge < -0.3 is 14.6 Å². The molecule has 0 amide bonds. The molecule has 32 heavy (non-hydrogen) atoms. The van der Waals surface area contributed by atoms with Crippen molar-refractivity contribution >= 4 is 0 Å². The van der Waals surface area contributed by atoms with Crippen molar-refractivity contribution in [2.24, 2.45) is 22.7 Å². The lowest BCUT2D eigenvalue weighted by Gasteiger charge is -2.41. The first-order valence-corrected chi connectivity index (χ1v) is 13.2. The summed E-state index contributed by atoms with van der Waals surface area (Å²) >= 11 is 0. The second-order valence-corrected chi connectivity index (χ2v) is 12.3. The number of ether oxygens (including phenoxy) is 2. The lowest BCUT2D eigenvalue weighted by atomic mass is 9.64. The molecule has 0 aromatic rings. The van der Waals surface area contributed by atoms with Crippen LogP contribution in [0.15, 0.2) is 23.8 Å². The zero-order valence-electron chi connectivity index (χ0n) is 22.4. The maximum atomic E-state index is 10.6. The zero-order chi connectivity index (χ0) is 24.0. The third-order valence-corrected chi connectivity index (χ3v) is 8.57. The van der Waals surface area contributed by atoms with Gasteiger partial charge in [0.1, 0.15) is 0 Å². The van der Waals surface area contributed by atoms with E-state index in [2.05, 4.69) is 73.6 Å². The average Bonchev–Trinajstić information content (AvgIpc) is 2.76. The minimum Gasteiger partial charge on any atom is -0.369 e. The lowest BCUT2D eigenvalue weighted by Crippen LogP contribution is -2.41. The smallest absolute Gasteiger partial charge is 0.178 e. The fourth-order valence-electron chi connectivity index (χ4n) is 5.38. The Morgan fingerprint density at radius 3 is 2.25 bits per heavy atom. The summed E-state index contributed by atoms with van der Waals surface area (Å²) in [6, 6.07) is 0. The number of rotatable bonds is 12. The molecule has 0 heterocycles. The average molecular weight is 449 g/mol. The molecule has 3 atom stereocenters. The number of hydrogen-bond acceptors (Lipinski definition) is 3. The highest BCUT2D eigenvalue weighted by molar-refractivity contribution is 5.25. The fourth-order valence-corrected chi connectivity index (χ4v) is 5.38. The number of allylic oxidation sites excluding steroid dienone is 2. The van der Waals surface area contributed by atoms with Crippen molar-refractivity contribution in [3.05, 3.63) is 23.8 Å². The van der Waals surface area contributed by atoms with Crippen LogP contribution in [0.3, 0.4) is 0 Å². The Morgan fingerprint density at radius 1 is 1.00 bits per heavy atom. The standard InChI is InChI=1S/C29H52O3/c1-9-27(3,4)20-25(28(5,6)10-2)22-15-14-18-24(19-22)31-21-26(30)32-29(7,8)23-16-12-11-13-17-23/h14-15,18,23-26,30H,9-13,16-17,19-21H2,1-8H3/t24?,25?,26-/m1/s1. The second-order valence-electron chi connectivity index (χ2n) is 12.3. The monoisotopic (exact) mass is 448 g/mol. The normalized spacial score (nSPS) is 23.2. The van der Waals surface area contributed by atoms with Gasteiger partial charge >= 0.3 is 0 Å². The van der Waals surface area contributed by atoms with E-state index in [9.17, 15) is 5.11 Å². The first-order chi connectivity index (χ1) is 14.9. The van der Waals surface area contributed by atoms with Gasteiger partial charge in [0.15, 0.2) is 6.29 Å². The van der Waals surface area contributed by atoms with Crippen LogP contribution < -0.4 is 0 Å². The Morgan fingerprint density at radius 2 is 1.66 bits per heavy atom. The van der Waals surface area contributed by atoms with E-state index in [0.717, 1.165) is 12.8 Å². The van der Waals surface area contributed by atoms with Gasteiger partial charge in [0.05, 0.1) is 18.3 Å². The quantitative estimate of drug-likeness (QED) is 0.309. The van der Waals surface area contributed by atoms with Gasteiger partial charge in [-0.3, -0.25) is 0 Å². The van der Waals surface area contributed by atoms with E-state index in [0.29, 0.717) is 17.3 Å². The topological polar surface area (TPSA) is 38.7 Å². The largest absolute Gasteiger partial charge is 0.369 e. The van der Waals surface area contributed by atoms with Crippen molar-refractivity contribution < 1.29 is 14.6 Å². The molecule has 0 saturated heterocycles. The summed E-state index contributed by atoms with van der Waals surface area (Å²) < 4.78 is 12.2. The predicted molar refractivity (Wildman–Crippen MR) is 136 cm³/mol. The first-order valence-electron chi connectivity index (χ1n) is 13.2. The Balaban J connectivity index is 1.94. The molecule has 0 bridgehead atoms. The molecule has 2 aliphatic carbocycles. The Kier molecular flexibility index (Phi) is 10.1. The number of hydrogen-bond donors (Lipinski definition) is 1. The van der Waals surface area contributed by atoms with E-state index in [1.807, 2.05) is 0 Å². The summed E-state index contributed by atoms with van der Waals surface area (Å²) in [5.41, 5.74) is 1.76. The van der Waals surface area contributed by atoms with Crippen molar-refractivity contribution in [3.63, 3.8) is 0 Å². The number of aliphatic hydroxyl groups excluding tert-OH is 1. The van der Waals surface area contributed by atoms with Crippen molar-refractivity contribution in [1.29, 1.82) is 0 Å². The van der Waals surface area contributed by atoms with Gasteiger partial charge in [-0.2, -0.15) is 0 Å². The Bertz CT molecular complexity index is 622. The van der Waals surface area contributed by atoms with Crippen molar-refractivity contribution in [2.75, 3.05) is 6.61 Å². The summed E-state index contributed by atoms with van der Waals surface area (Å²) in [6.45, 7) is 18.7. The molecule has 0 radical (unpaired) electrons. The zero-order valence-corrected chi connectivity index (χ0v) is 22.4. The molecule has 1 N–H and O–H groups in total. The van der Waals surface area contributed by atoms with Crippen LogP contribution in [0.1, 0.15) is 113 Å². The molecular weight excluding hydrogens is 396 g/mol. The predicted octanol–water partition coefficient (Wildman–Crippen LogP) is 7.83.